The van der Waals surface area contributed by atoms with E-state index in [9.17, 15) is 4.79 Å². The first-order valence-corrected chi connectivity index (χ1v) is 7.63. The van der Waals surface area contributed by atoms with Gasteiger partial charge in [-0.2, -0.15) is 0 Å². The molecule has 0 spiro atoms. The van der Waals surface area contributed by atoms with E-state index >= 15 is 0 Å². The topological polar surface area (TPSA) is 54.5 Å². The lowest BCUT2D eigenvalue weighted by molar-refractivity contribution is -0.116. The predicted molar refractivity (Wildman–Crippen MR) is 86.1 cm³/mol. The van der Waals surface area contributed by atoms with Crippen LogP contribution in [0.3, 0.4) is 0 Å². The number of carbonyl (C=O) groups is 1. The molecule has 21 heavy (non-hydrogen) atoms. The zero-order chi connectivity index (χ0) is 15.2. The van der Waals surface area contributed by atoms with E-state index < -0.39 is 0 Å². The third-order valence-electron chi connectivity index (χ3n) is 3.03. The number of hydrogen-bond donors (Lipinski definition) is 1. The van der Waals surface area contributed by atoms with E-state index in [-0.39, 0.29) is 5.91 Å². The number of nitrogens with zero attached hydrogens (tertiary/aromatic N) is 2. The molecule has 0 aliphatic carbocycles. The van der Waals surface area contributed by atoms with Crippen molar-refractivity contribution < 1.29 is 9.53 Å². The van der Waals surface area contributed by atoms with E-state index in [4.69, 9.17) is 4.74 Å². The van der Waals surface area contributed by atoms with Crippen molar-refractivity contribution in [1.29, 1.82) is 0 Å². The highest BCUT2D eigenvalue weighted by Gasteiger charge is 2.13. The maximum absolute atomic E-state index is 11.5. The van der Waals surface area contributed by atoms with Crippen LogP contribution in [0.5, 0.6) is 5.75 Å². The molecule has 6 heteroatoms. The van der Waals surface area contributed by atoms with Gasteiger partial charge in [-0.1, -0.05) is 12.1 Å². The Bertz CT molecular complexity index is 612. The maximum atomic E-state index is 11.5. The number of rotatable bonds is 6. The normalized spacial score (nSPS) is 10.2. The molecule has 1 amide bonds. The molecule has 1 aromatic heterocycles. The van der Waals surface area contributed by atoms with E-state index in [2.05, 4.69) is 10.3 Å². The third-order valence-corrected chi connectivity index (χ3v) is 3.95. The fourth-order valence-corrected chi connectivity index (χ4v) is 2.90. The zero-order valence-corrected chi connectivity index (χ0v) is 13.2. The van der Waals surface area contributed by atoms with Crippen LogP contribution >= 0.6 is 11.3 Å². The summed E-state index contributed by atoms with van der Waals surface area (Å²) in [5.41, 5.74) is 1.83. The van der Waals surface area contributed by atoms with Gasteiger partial charge in [0.25, 0.3) is 0 Å². The Labute approximate surface area is 128 Å². The van der Waals surface area contributed by atoms with Crippen LogP contribution in [0.15, 0.2) is 29.6 Å². The number of aromatic nitrogens is 1. The smallest absolute Gasteiger partial charge is 0.225 e. The second-order valence-corrected chi connectivity index (χ2v) is 5.28. The largest absolute Gasteiger partial charge is 0.495 e. The van der Waals surface area contributed by atoms with Gasteiger partial charge in [-0.3, -0.25) is 9.69 Å². The Hall–Kier alpha value is -2.08. The maximum Gasteiger partial charge on any atom is 0.225 e. The molecule has 1 aromatic carbocycles. The highest BCUT2D eigenvalue weighted by atomic mass is 32.1. The SMILES string of the molecule is CCN(C(C)=O)c1nc(CNc2ccccc2OC)cs1. The van der Waals surface area contributed by atoms with Crippen molar-refractivity contribution in [3.63, 3.8) is 0 Å². The van der Waals surface area contributed by atoms with Gasteiger partial charge >= 0.3 is 0 Å². The van der Waals surface area contributed by atoms with Crippen molar-refractivity contribution in [2.24, 2.45) is 0 Å². The minimum atomic E-state index is 0.0103. The van der Waals surface area contributed by atoms with E-state index in [1.54, 1.807) is 18.9 Å². The molecule has 2 rings (SSSR count). The molecule has 0 fully saturated rings. The number of ether oxygens (including phenoxy) is 1. The van der Waals surface area contributed by atoms with Crippen LogP contribution in [0.25, 0.3) is 0 Å². The average Bonchev–Trinajstić information content (AvgIpc) is 2.94. The Morgan fingerprint density at radius 3 is 2.86 bits per heavy atom. The lowest BCUT2D eigenvalue weighted by Crippen LogP contribution is -2.27. The molecule has 0 unspecified atom stereocenters. The van der Waals surface area contributed by atoms with Crippen LogP contribution < -0.4 is 15.0 Å². The highest BCUT2D eigenvalue weighted by molar-refractivity contribution is 7.14. The van der Waals surface area contributed by atoms with E-state index in [1.807, 2.05) is 36.6 Å². The molecule has 5 nitrogen and oxygen atoms in total. The van der Waals surface area contributed by atoms with Crippen molar-refractivity contribution in [3.05, 3.63) is 35.3 Å². The Kier molecular flexibility index (Phi) is 5.16. The van der Waals surface area contributed by atoms with Crippen LogP contribution in [0, 0.1) is 0 Å². The monoisotopic (exact) mass is 305 g/mol. The average molecular weight is 305 g/mol. The van der Waals surface area contributed by atoms with Crippen LogP contribution in [0.1, 0.15) is 19.5 Å². The first-order valence-electron chi connectivity index (χ1n) is 6.75. The predicted octanol–water partition coefficient (Wildman–Crippen LogP) is 3.14. The molecular formula is C15H19N3O2S. The number of benzene rings is 1. The fourth-order valence-electron chi connectivity index (χ4n) is 1.97. The minimum Gasteiger partial charge on any atom is -0.495 e. The molecule has 0 radical (unpaired) electrons. The molecule has 0 saturated heterocycles. The standard InChI is InChI=1S/C15H19N3O2S/c1-4-18(11(2)19)15-17-12(10-21-15)9-16-13-7-5-6-8-14(13)20-3/h5-8,10,16H,4,9H2,1-3H3. The molecule has 1 N–H and O–H groups in total. The summed E-state index contributed by atoms with van der Waals surface area (Å²) in [5, 5.41) is 6.00. The van der Waals surface area contributed by atoms with Gasteiger partial charge in [0.05, 0.1) is 25.0 Å². The van der Waals surface area contributed by atoms with Gasteiger partial charge in [0.2, 0.25) is 5.91 Å². The van der Waals surface area contributed by atoms with Crippen LogP contribution in [0.4, 0.5) is 10.8 Å². The lowest BCUT2D eigenvalue weighted by atomic mass is 10.3. The van der Waals surface area contributed by atoms with Crippen molar-refractivity contribution in [2.75, 3.05) is 23.9 Å². The summed E-state index contributed by atoms with van der Waals surface area (Å²) in [7, 11) is 1.65. The van der Waals surface area contributed by atoms with Crippen molar-refractivity contribution in [2.45, 2.75) is 20.4 Å². The lowest BCUT2D eigenvalue weighted by Gasteiger charge is -2.14. The number of hydrogen-bond acceptors (Lipinski definition) is 5. The quantitative estimate of drug-likeness (QED) is 0.891. The summed E-state index contributed by atoms with van der Waals surface area (Å²) in [6.45, 7) is 4.71. The van der Waals surface area contributed by atoms with Gasteiger partial charge in [0, 0.05) is 18.8 Å². The fraction of sp³-hybridized carbons (Fsp3) is 0.333. The summed E-state index contributed by atoms with van der Waals surface area (Å²) in [4.78, 5) is 17.7. The number of amides is 1. The molecular weight excluding hydrogens is 286 g/mol. The first kappa shape index (κ1) is 15.3. The number of para-hydroxylation sites is 2. The summed E-state index contributed by atoms with van der Waals surface area (Å²) >= 11 is 1.48. The summed E-state index contributed by atoms with van der Waals surface area (Å²) < 4.78 is 5.29. The second-order valence-electron chi connectivity index (χ2n) is 4.44. The van der Waals surface area contributed by atoms with Crippen molar-refractivity contribution >= 4 is 28.1 Å². The molecule has 0 aliphatic heterocycles. The Balaban J connectivity index is 2.04. The van der Waals surface area contributed by atoms with Gasteiger partial charge in [0.1, 0.15) is 5.75 Å². The van der Waals surface area contributed by atoms with Crippen LogP contribution in [0.2, 0.25) is 0 Å². The second kappa shape index (κ2) is 7.08. The van der Waals surface area contributed by atoms with E-state index in [0.29, 0.717) is 13.1 Å². The van der Waals surface area contributed by atoms with Gasteiger partial charge < -0.3 is 10.1 Å². The van der Waals surface area contributed by atoms with E-state index in [0.717, 1.165) is 22.3 Å². The summed E-state index contributed by atoms with van der Waals surface area (Å²) in [5.74, 6) is 0.808. The highest BCUT2D eigenvalue weighted by Crippen LogP contribution is 2.25. The number of carbonyl (C=O) groups excluding carboxylic acids is 1. The molecule has 2 aromatic rings. The molecule has 1 heterocycles. The van der Waals surface area contributed by atoms with Gasteiger partial charge in [0.15, 0.2) is 5.13 Å². The van der Waals surface area contributed by atoms with Crippen molar-refractivity contribution in [1.82, 2.24) is 4.98 Å². The molecule has 0 aliphatic rings. The molecule has 0 atom stereocenters. The summed E-state index contributed by atoms with van der Waals surface area (Å²) in [6.07, 6.45) is 0. The molecule has 0 saturated carbocycles. The Morgan fingerprint density at radius 2 is 2.19 bits per heavy atom. The number of methoxy groups -OCH3 is 1. The Morgan fingerprint density at radius 1 is 1.43 bits per heavy atom. The first-order chi connectivity index (χ1) is 10.2. The summed E-state index contributed by atoms with van der Waals surface area (Å²) in [6, 6.07) is 7.74. The molecule has 0 bridgehead atoms. The zero-order valence-electron chi connectivity index (χ0n) is 12.4. The van der Waals surface area contributed by atoms with Gasteiger partial charge in [-0.05, 0) is 19.1 Å². The third kappa shape index (κ3) is 3.72. The minimum absolute atomic E-state index is 0.0103. The van der Waals surface area contributed by atoms with Crippen LogP contribution in [-0.4, -0.2) is 24.5 Å². The number of thiazole rings is 1. The van der Waals surface area contributed by atoms with E-state index in [1.165, 1.54) is 11.3 Å². The number of anilines is 2. The van der Waals surface area contributed by atoms with Crippen molar-refractivity contribution in [3.8, 4) is 5.75 Å². The number of nitrogens with one attached hydrogen (secondary N) is 1. The van der Waals surface area contributed by atoms with Gasteiger partial charge in [-0.15, -0.1) is 11.3 Å². The van der Waals surface area contributed by atoms with Gasteiger partial charge in [-0.25, -0.2) is 4.98 Å². The van der Waals surface area contributed by atoms with Crippen LogP contribution in [-0.2, 0) is 11.3 Å². The molecule has 112 valence electrons.